The van der Waals surface area contributed by atoms with Gasteiger partial charge in [-0.3, -0.25) is 4.70 Å². The van der Waals surface area contributed by atoms with Crippen LogP contribution in [0.5, 0.6) is 0 Å². The highest BCUT2D eigenvalue weighted by molar-refractivity contribution is 4.09. The lowest BCUT2D eigenvalue weighted by Gasteiger charge is -1.90. The second-order valence-electron chi connectivity index (χ2n) is 1.34. The van der Waals surface area contributed by atoms with Crippen molar-refractivity contribution in [3.8, 4) is 0 Å². The molecule has 0 aliphatic rings. The van der Waals surface area contributed by atoms with Crippen molar-refractivity contribution in [1.82, 2.24) is 4.90 Å². The van der Waals surface area contributed by atoms with Gasteiger partial charge in [0.25, 0.3) is 0 Å². The van der Waals surface area contributed by atoms with Gasteiger partial charge in [0.05, 0.1) is 0 Å². The van der Waals surface area contributed by atoms with E-state index in [9.17, 15) is 0 Å². The quantitative estimate of drug-likeness (QED) is 0.460. The molecule has 0 spiro atoms. The number of hydrogen-bond donors (Lipinski definition) is 0. The summed E-state index contributed by atoms with van der Waals surface area (Å²) < 4.78 is 16.0. The SMILES string of the molecule is CN(C)C.F.FF. The van der Waals surface area contributed by atoms with E-state index in [2.05, 4.69) is 0 Å². The predicted octanol–water partition coefficient (Wildman–Crippen LogP) is 1.17. The summed E-state index contributed by atoms with van der Waals surface area (Å²) in [6, 6.07) is 0. The molecule has 0 amide bonds. The molecule has 0 N–H and O–H groups in total. The molecular weight excluding hydrogens is 107 g/mol. The van der Waals surface area contributed by atoms with Gasteiger partial charge in [-0.05, 0) is 21.1 Å². The Hall–Kier alpha value is -0.250. The van der Waals surface area contributed by atoms with Gasteiger partial charge in [-0.15, -0.1) is 0 Å². The van der Waals surface area contributed by atoms with Crippen LogP contribution in [-0.4, -0.2) is 26.0 Å². The van der Waals surface area contributed by atoms with E-state index in [1.54, 1.807) is 0 Å². The molecule has 0 radical (unpaired) electrons. The van der Waals surface area contributed by atoms with Crippen molar-refractivity contribution in [1.29, 1.82) is 0 Å². The van der Waals surface area contributed by atoms with Crippen LogP contribution in [0.3, 0.4) is 0 Å². The fourth-order valence-electron chi connectivity index (χ4n) is 0. The van der Waals surface area contributed by atoms with Gasteiger partial charge in [0.15, 0.2) is 0 Å². The maximum absolute atomic E-state index is 8.00. The van der Waals surface area contributed by atoms with Crippen molar-refractivity contribution in [2.75, 3.05) is 21.1 Å². The fourth-order valence-corrected chi connectivity index (χ4v) is 0. The minimum Gasteiger partial charge on any atom is -0.312 e. The lowest BCUT2D eigenvalue weighted by Crippen LogP contribution is -1.99. The molecule has 0 aliphatic heterocycles. The summed E-state index contributed by atoms with van der Waals surface area (Å²) in [5.41, 5.74) is 0. The summed E-state index contributed by atoms with van der Waals surface area (Å²) in [5.74, 6) is 0. The van der Waals surface area contributed by atoms with Crippen LogP contribution >= 0.6 is 0 Å². The molecule has 1 nitrogen and oxygen atoms in total. The molecule has 0 heterocycles. The second kappa shape index (κ2) is 17.2. The summed E-state index contributed by atoms with van der Waals surface area (Å²) in [7, 11) is 6.00. The molecule has 7 heavy (non-hydrogen) atoms. The summed E-state index contributed by atoms with van der Waals surface area (Å²) in [6.45, 7) is 0. The normalized spacial score (nSPS) is 6.00. The van der Waals surface area contributed by atoms with Crippen molar-refractivity contribution >= 4 is 0 Å². The van der Waals surface area contributed by atoms with E-state index >= 15 is 0 Å². The lowest BCUT2D eigenvalue weighted by molar-refractivity contribution is 0.108. The molecule has 0 aromatic carbocycles. The summed E-state index contributed by atoms with van der Waals surface area (Å²) in [4.78, 5) is 2.00. The molecule has 48 valence electrons. The van der Waals surface area contributed by atoms with Gasteiger partial charge in [-0.2, -0.15) is 0 Å². The molecule has 0 aromatic heterocycles. The van der Waals surface area contributed by atoms with Gasteiger partial charge in [-0.25, -0.2) is 0 Å². The van der Waals surface area contributed by atoms with E-state index in [-0.39, 0.29) is 4.70 Å². The number of halogens is 3. The van der Waals surface area contributed by atoms with Crippen molar-refractivity contribution in [2.24, 2.45) is 0 Å². The largest absolute Gasteiger partial charge is 0.312 e. The van der Waals surface area contributed by atoms with Gasteiger partial charge in [0.2, 0.25) is 0 Å². The van der Waals surface area contributed by atoms with E-state index in [4.69, 9.17) is 9.15 Å². The Kier molecular flexibility index (Phi) is 38.9. The first-order chi connectivity index (χ1) is 2.73. The van der Waals surface area contributed by atoms with E-state index in [0.717, 1.165) is 0 Å². The van der Waals surface area contributed by atoms with Crippen LogP contribution in [0, 0.1) is 0 Å². The van der Waals surface area contributed by atoms with Crippen molar-refractivity contribution < 1.29 is 13.9 Å². The van der Waals surface area contributed by atoms with Crippen molar-refractivity contribution in [3.63, 3.8) is 0 Å². The highest BCUT2D eigenvalue weighted by atomic mass is 20.0. The molecule has 0 aliphatic carbocycles. The fraction of sp³-hybridized carbons (Fsp3) is 1.00. The van der Waals surface area contributed by atoms with Crippen LogP contribution in [0.1, 0.15) is 0 Å². The third-order valence-electron chi connectivity index (χ3n) is 0. The minimum atomic E-state index is 0. The molecule has 0 rings (SSSR count). The van der Waals surface area contributed by atoms with Gasteiger partial charge in [0.1, 0.15) is 0 Å². The van der Waals surface area contributed by atoms with Gasteiger partial charge < -0.3 is 4.90 Å². The molecule has 0 aromatic rings. The van der Waals surface area contributed by atoms with Crippen LogP contribution in [0.15, 0.2) is 0 Å². The highest BCUT2D eigenvalue weighted by Gasteiger charge is 1.58. The van der Waals surface area contributed by atoms with E-state index in [1.165, 1.54) is 0 Å². The maximum atomic E-state index is 8.00. The Morgan fingerprint density at radius 3 is 1.00 bits per heavy atom. The van der Waals surface area contributed by atoms with Crippen LogP contribution in [0.25, 0.3) is 0 Å². The van der Waals surface area contributed by atoms with Gasteiger partial charge in [0, 0.05) is 9.15 Å². The Morgan fingerprint density at radius 1 is 1.00 bits per heavy atom. The van der Waals surface area contributed by atoms with Crippen LogP contribution in [0.4, 0.5) is 13.9 Å². The van der Waals surface area contributed by atoms with Gasteiger partial charge >= 0.3 is 0 Å². The Bertz CT molecular complexity index is 14.9. The molecule has 0 unspecified atom stereocenters. The molecule has 0 atom stereocenters. The van der Waals surface area contributed by atoms with E-state index in [0.29, 0.717) is 0 Å². The average Bonchev–Trinajstić information content (AvgIpc) is 1.41. The number of hydrogen-bond acceptors (Lipinski definition) is 1. The van der Waals surface area contributed by atoms with Crippen LogP contribution in [-0.2, 0) is 0 Å². The maximum Gasteiger partial charge on any atom is 0 e. The first kappa shape index (κ1) is 15.9. The molecule has 0 bridgehead atoms. The van der Waals surface area contributed by atoms with Gasteiger partial charge in [-0.1, -0.05) is 0 Å². The molecular formula is C3H10F3N. The highest BCUT2D eigenvalue weighted by Crippen LogP contribution is 1.47. The Balaban J connectivity index is -0.0000000480. The first-order valence-corrected chi connectivity index (χ1v) is 1.48. The zero-order valence-electron chi connectivity index (χ0n) is 4.61. The lowest BCUT2D eigenvalue weighted by atomic mass is 11.0. The first-order valence-electron chi connectivity index (χ1n) is 1.48. The zero-order valence-corrected chi connectivity index (χ0v) is 4.61. The standard InChI is InChI=1S/C3H9N.F2.FH/c1-4(2)3;1-2;/h1-3H3;;1H. The summed E-state index contributed by atoms with van der Waals surface area (Å²) in [6.07, 6.45) is 0. The molecule has 0 saturated carbocycles. The van der Waals surface area contributed by atoms with E-state index in [1.807, 2.05) is 26.0 Å². The van der Waals surface area contributed by atoms with E-state index < -0.39 is 0 Å². The number of rotatable bonds is 0. The molecule has 0 saturated heterocycles. The smallest absolute Gasteiger partial charge is 0 e. The zero-order chi connectivity index (χ0) is 5.58. The van der Waals surface area contributed by atoms with Crippen molar-refractivity contribution in [3.05, 3.63) is 0 Å². The average molecular weight is 117 g/mol. The monoisotopic (exact) mass is 117 g/mol. The summed E-state index contributed by atoms with van der Waals surface area (Å²) >= 11 is 0. The summed E-state index contributed by atoms with van der Waals surface area (Å²) in [5, 5.41) is 0. The topological polar surface area (TPSA) is 3.24 Å². The van der Waals surface area contributed by atoms with Crippen molar-refractivity contribution in [2.45, 2.75) is 0 Å². The van der Waals surface area contributed by atoms with Crippen LogP contribution in [0.2, 0.25) is 0 Å². The molecule has 4 heteroatoms. The molecule has 0 fully saturated rings. The Labute approximate surface area is 41.2 Å². The number of nitrogens with zero attached hydrogens (tertiary/aromatic N) is 1. The third-order valence-corrected chi connectivity index (χ3v) is 0. The minimum absolute atomic E-state index is 0. The van der Waals surface area contributed by atoms with Crippen LogP contribution < -0.4 is 0 Å². The predicted molar refractivity (Wildman–Crippen MR) is 24.3 cm³/mol. The Morgan fingerprint density at radius 2 is 1.00 bits per heavy atom. The second-order valence-corrected chi connectivity index (χ2v) is 1.34. The third kappa shape index (κ3) is 1290.